The van der Waals surface area contributed by atoms with Crippen LogP contribution in [0.15, 0.2) is 46.9 Å². The van der Waals surface area contributed by atoms with Crippen molar-refractivity contribution in [1.82, 2.24) is 4.90 Å². The van der Waals surface area contributed by atoms with E-state index in [2.05, 4.69) is 21.2 Å². The number of likely N-dealkylation sites (tertiary alicyclic amines) is 1. The SMILES string of the molecule is O=C(Nc1cccc(CN2CCCC2=O)c1)c1cc(F)ccc1Br. The third-order valence-electron chi connectivity index (χ3n) is 3.90. The molecule has 24 heavy (non-hydrogen) atoms. The number of hydrogen-bond donors (Lipinski definition) is 1. The molecule has 2 aromatic rings. The summed E-state index contributed by atoms with van der Waals surface area (Å²) in [5.41, 5.74) is 1.79. The van der Waals surface area contributed by atoms with Crippen LogP contribution in [0.5, 0.6) is 0 Å². The van der Waals surface area contributed by atoms with Gasteiger partial charge in [-0.15, -0.1) is 0 Å². The first-order valence-electron chi connectivity index (χ1n) is 7.66. The summed E-state index contributed by atoms with van der Waals surface area (Å²) < 4.78 is 13.9. The molecule has 1 saturated heterocycles. The summed E-state index contributed by atoms with van der Waals surface area (Å²) in [5.74, 6) is -0.700. The normalized spacial score (nSPS) is 14.1. The predicted octanol–water partition coefficient (Wildman–Crippen LogP) is 3.96. The number of carbonyl (C=O) groups is 2. The number of anilines is 1. The van der Waals surface area contributed by atoms with Gasteiger partial charge in [0.15, 0.2) is 0 Å². The van der Waals surface area contributed by atoms with E-state index in [0.717, 1.165) is 18.5 Å². The van der Waals surface area contributed by atoms with Gasteiger partial charge in [0.2, 0.25) is 5.91 Å². The Kier molecular flexibility index (Phi) is 4.94. The quantitative estimate of drug-likeness (QED) is 0.858. The highest BCUT2D eigenvalue weighted by Gasteiger charge is 2.20. The third kappa shape index (κ3) is 3.82. The second kappa shape index (κ2) is 7.13. The molecule has 0 unspecified atom stereocenters. The molecule has 1 aliphatic heterocycles. The fourth-order valence-corrected chi connectivity index (χ4v) is 3.14. The van der Waals surface area contributed by atoms with Crippen molar-refractivity contribution in [2.24, 2.45) is 0 Å². The van der Waals surface area contributed by atoms with Crippen LogP contribution in [0.2, 0.25) is 0 Å². The summed E-state index contributed by atoms with van der Waals surface area (Å²) in [6, 6.07) is 11.3. The number of nitrogens with one attached hydrogen (secondary N) is 1. The number of benzene rings is 2. The van der Waals surface area contributed by atoms with Gasteiger partial charge in [0.05, 0.1) is 5.56 Å². The second-order valence-corrected chi connectivity index (χ2v) is 6.55. The lowest BCUT2D eigenvalue weighted by molar-refractivity contribution is -0.128. The Labute approximate surface area is 147 Å². The van der Waals surface area contributed by atoms with Gasteiger partial charge in [0.1, 0.15) is 5.82 Å². The number of hydrogen-bond acceptors (Lipinski definition) is 2. The summed E-state index contributed by atoms with van der Waals surface area (Å²) in [6.45, 7) is 1.30. The molecule has 1 heterocycles. The van der Waals surface area contributed by atoms with Crippen LogP contribution in [0.25, 0.3) is 0 Å². The van der Waals surface area contributed by atoms with E-state index in [0.29, 0.717) is 23.1 Å². The van der Waals surface area contributed by atoms with Gasteiger partial charge >= 0.3 is 0 Å². The average molecular weight is 391 g/mol. The van der Waals surface area contributed by atoms with Crippen molar-refractivity contribution in [3.8, 4) is 0 Å². The first-order valence-corrected chi connectivity index (χ1v) is 8.45. The first-order chi connectivity index (χ1) is 11.5. The molecule has 1 N–H and O–H groups in total. The van der Waals surface area contributed by atoms with E-state index in [4.69, 9.17) is 0 Å². The molecule has 1 fully saturated rings. The molecular formula is C18H16BrFN2O2. The highest BCUT2D eigenvalue weighted by atomic mass is 79.9. The number of carbonyl (C=O) groups excluding carboxylic acids is 2. The lowest BCUT2D eigenvalue weighted by Gasteiger charge is -2.16. The van der Waals surface area contributed by atoms with Gasteiger partial charge in [-0.25, -0.2) is 4.39 Å². The van der Waals surface area contributed by atoms with E-state index in [1.165, 1.54) is 18.2 Å². The lowest BCUT2D eigenvalue weighted by atomic mass is 10.1. The summed E-state index contributed by atoms with van der Waals surface area (Å²) in [4.78, 5) is 25.8. The van der Waals surface area contributed by atoms with E-state index in [1.807, 2.05) is 23.1 Å². The van der Waals surface area contributed by atoms with E-state index >= 15 is 0 Å². The Bertz CT molecular complexity index is 794. The molecule has 0 atom stereocenters. The van der Waals surface area contributed by atoms with Gasteiger partial charge in [-0.1, -0.05) is 12.1 Å². The fraction of sp³-hybridized carbons (Fsp3) is 0.222. The maximum absolute atomic E-state index is 13.3. The summed E-state index contributed by atoms with van der Waals surface area (Å²) in [6.07, 6.45) is 1.49. The Morgan fingerprint density at radius 2 is 2.08 bits per heavy atom. The highest BCUT2D eigenvalue weighted by Crippen LogP contribution is 2.21. The number of rotatable bonds is 4. The minimum absolute atomic E-state index is 0.160. The van der Waals surface area contributed by atoms with Crippen molar-refractivity contribution in [2.75, 3.05) is 11.9 Å². The zero-order valence-corrected chi connectivity index (χ0v) is 14.5. The molecule has 1 aliphatic rings. The predicted molar refractivity (Wildman–Crippen MR) is 93.1 cm³/mol. The van der Waals surface area contributed by atoms with E-state index in [9.17, 15) is 14.0 Å². The Balaban J connectivity index is 1.73. The van der Waals surface area contributed by atoms with E-state index in [1.54, 1.807) is 6.07 Å². The summed E-state index contributed by atoms with van der Waals surface area (Å²) in [7, 11) is 0. The maximum atomic E-state index is 13.3. The van der Waals surface area contributed by atoms with Crippen LogP contribution in [0, 0.1) is 5.82 Å². The monoisotopic (exact) mass is 390 g/mol. The van der Waals surface area contributed by atoms with Crippen LogP contribution < -0.4 is 5.32 Å². The third-order valence-corrected chi connectivity index (χ3v) is 4.59. The Morgan fingerprint density at radius 3 is 2.83 bits per heavy atom. The van der Waals surface area contributed by atoms with Gasteiger partial charge in [-0.05, 0) is 58.2 Å². The number of halogens is 2. The molecule has 124 valence electrons. The van der Waals surface area contributed by atoms with Crippen molar-refractivity contribution in [1.29, 1.82) is 0 Å². The lowest BCUT2D eigenvalue weighted by Crippen LogP contribution is -2.23. The van der Waals surface area contributed by atoms with Gasteiger partial charge in [0.25, 0.3) is 5.91 Å². The van der Waals surface area contributed by atoms with Crippen LogP contribution in [-0.4, -0.2) is 23.3 Å². The molecule has 0 bridgehead atoms. The Morgan fingerprint density at radius 1 is 1.25 bits per heavy atom. The smallest absolute Gasteiger partial charge is 0.256 e. The number of amides is 2. The van der Waals surface area contributed by atoms with Crippen molar-refractivity contribution in [3.63, 3.8) is 0 Å². The summed E-state index contributed by atoms with van der Waals surface area (Å²) in [5, 5.41) is 2.76. The van der Waals surface area contributed by atoms with Gasteiger partial charge < -0.3 is 10.2 Å². The largest absolute Gasteiger partial charge is 0.338 e. The first kappa shape index (κ1) is 16.6. The van der Waals surface area contributed by atoms with Crippen molar-refractivity contribution < 1.29 is 14.0 Å². The van der Waals surface area contributed by atoms with Crippen molar-refractivity contribution in [3.05, 3.63) is 63.9 Å². The molecule has 3 rings (SSSR count). The fourth-order valence-electron chi connectivity index (χ4n) is 2.71. The van der Waals surface area contributed by atoms with Crippen molar-refractivity contribution >= 4 is 33.4 Å². The molecule has 2 aromatic carbocycles. The standard InChI is InChI=1S/C18H16BrFN2O2/c19-16-7-6-13(20)10-15(16)18(24)21-14-4-1-3-12(9-14)11-22-8-2-5-17(22)23/h1,3-4,6-7,9-10H,2,5,8,11H2,(H,21,24). The van der Waals surface area contributed by atoms with E-state index < -0.39 is 11.7 Å². The molecule has 0 spiro atoms. The summed E-state index contributed by atoms with van der Waals surface area (Å²) >= 11 is 3.25. The zero-order valence-electron chi connectivity index (χ0n) is 12.9. The molecule has 0 aromatic heterocycles. The molecule has 6 heteroatoms. The highest BCUT2D eigenvalue weighted by molar-refractivity contribution is 9.10. The molecular weight excluding hydrogens is 375 g/mol. The van der Waals surface area contributed by atoms with Crippen LogP contribution in [0.4, 0.5) is 10.1 Å². The van der Waals surface area contributed by atoms with Gasteiger partial charge in [-0.2, -0.15) is 0 Å². The molecule has 0 radical (unpaired) electrons. The minimum Gasteiger partial charge on any atom is -0.338 e. The van der Waals surface area contributed by atoms with E-state index in [-0.39, 0.29) is 11.5 Å². The molecule has 4 nitrogen and oxygen atoms in total. The van der Waals surface area contributed by atoms with Crippen LogP contribution >= 0.6 is 15.9 Å². The topological polar surface area (TPSA) is 49.4 Å². The molecule has 0 aliphatic carbocycles. The van der Waals surface area contributed by atoms with Crippen LogP contribution in [0.3, 0.4) is 0 Å². The minimum atomic E-state index is -0.468. The average Bonchev–Trinajstić information content (AvgIpc) is 2.95. The molecule has 0 saturated carbocycles. The maximum Gasteiger partial charge on any atom is 0.256 e. The van der Waals surface area contributed by atoms with Crippen LogP contribution in [0.1, 0.15) is 28.8 Å². The zero-order chi connectivity index (χ0) is 17.1. The second-order valence-electron chi connectivity index (χ2n) is 5.70. The Hall–Kier alpha value is -2.21. The molecule has 2 amide bonds. The van der Waals surface area contributed by atoms with Crippen molar-refractivity contribution in [2.45, 2.75) is 19.4 Å². The van der Waals surface area contributed by atoms with Gasteiger partial charge in [-0.3, -0.25) is 9.59 Å². The van der Waals surface area contributed by atoms with Gasteiger partial charge in [0, 0.05) is 29.7 Å². The van der Waals surface area contributed by atoms with Crippen LogP contribution in [-0.2, 0) is 11.3 Å². The number of nitrogens with zero attached hydrogens (tertiary/aromatic N) is 1.